The van der Waals surface area contributed by atoms with Crippen LogP contribution in [0.5, 0.6) is 0 Å². The molecule has 4 atom stereocenters. The molecular weight excluding hydrogens is 432 g/mol. The van der Waals surface area contributed by atoms with Crippen molar-refractivity contribution >= 4 is 23.7 Å². The number of carboxylic acid groups (broad SMARTS) is 1. The molecule has 1 aromatic heterocycles. The van der Waals surface area contributed by atoms with Gasteiger partial charge in [0, 0.05) is 24.7 Å². The van der Waals surface area contributed by atoms with Gasteiger partial charge < -0.3 is 36.9 Å². The molecule has 12 heteroatoms. The number of nitrogens with one attached hydrogen (secondary N) is 4. The maximum Gasteiger partial charge on any atom is 0.326 e. The van der Waals surface area contributed by atoms with Crippen LogP contribution in [0.3, 0.4) is 0 Å². The molecule has 8 N–H and O–H groups in total. The number of carboxylic acids is 1. The average molecular weight is 460 g/mol. The number of benzene rings is 1. The fourth-order valence-corrected chi connectivity index (χ4v) is 2.92. The van der Waals surface area contributed by atoms with Gasteiger partial charge in [-0.3, -0.25) is 14.4 Å². The lowest BCUT2D eigenvalue weighted by Gasteiger charge is -2.24. The van der Waals surface area contributed by atoms with Crippen molar-refractivity contribution < 1.29 is 29.4 Å². The molecule has 2 rings (SSSR count). The van der Waals surface area contributed by atoms with Crippen molar-refractivity contribution in [2.45, 2.75) is 43.9 Å². The molecule has 0 saturated heterocycles. The number of nitrogens with zero attached hydrogens (tertiary/aromatic N) is 1. The summed E-state index contributed by atoms with van der Waals surface area (Å²) in [5.41, 5.74) is 6.69. The number of aliphatic hydroxyl groups is 1. The topological polar surface area (TPSA) is 200 Å². The maximum atomic E-state index is 13.0. The zero-order valence-corrected chi connectivity index (χ0v) is 18.0. The summed E-state index contributed by atoms with van der Waals surface area (Å²) in [5.74, 6) is -3.48. The van der Waals surface area contributed by atoms with Gasteiger partial charge in [-0.2, -0.15) is 0 Å². The minimum absolute atomic E-state index is 0.0449. The van der Waals surface area contributed by atoms with Crippen LogP contribution in [-0.4, -0.2) is 74.6 Å². The number of amides is 3. The lowest BCUT2D eigenvalue weighted by atomic mass is 10.0. The van der Waals surface area contributed by atoms with Gasteiger partial charge in [0.25, 0.3) is 0 Å². The number of hydrogen-bond acceptors (Lipinski definition) is 7. The number of nitrogens with two attached hydrogens (primary N) is 1. The zero-order valence-electron chi connectivity index (χ0n) is 18.0. The molecule has 12 nitrogen and oxygen atoms in total. The van der Waals surface area contributed by atoms with Crippen molar-refractivity contribution in [3.8, 4) is 0 Å². The first-order chi connectivity index (χ1) is 15.7. The average Bonchev–Trinajstić information content (AvgIpc) is 3.29. The Morgan fingerprint density at radius 1 is 0.970 bits per heavy atom. The molecule has 2 aromatic rings. The lowest BCUT2D eigenvalue weighted by molar-refractivity contribution is -0.142. The van der Waals surface area contributed by atoms with Crippen LogP contribution in [0.2, 0.25) is 0 Å². The Bertz CT molecular complexity index is 934. The molecule has 1 heterocycles. The van der Waals surface area contributed by atoms with Gasteiger partial charge >= 0.3 is 5.97 Å². The van der Waals surface area contributed by atoms with E-state index in [-0.39, 0.29) is 12.8 Å². The summed E-state index contributed by atoms with van der Waals surface area (Å²) in [7, 11) is 0. The number of H-pyrrole nitrogens is 1. The summed E-state index contributed by atoms with van der Waals surface area (Å²) in [6.45, 7) is 0.695. The highest BCUT2D eigenvalue weighted by atomic mass is 16.4. The Hall–Kier alpha value is -3.77. The van der Waals surface area contributed by atoms with E-state index in [0.717, 1.165) is 0 Å². The molecule has 0 bridgehead atoms. The summed E-state index contributed by atoms with van der Waals surface area (Å²) < 4.78 is 0. The smallest absolute Gasteiger partial charge is 0.326 e. The van der Waals surface area contributed by atoms with Crippen molar-refractivity contribution in [1.82, 2.24) is 25.9 Å². The van der Waals surface area contributed by atoms with Crippen molar-refractivity contribution in [3.63, 3.8) is 0 Å². The molecule has 33 heavy (non-hydrogen) atoms. The Balaban J connectivity index is 2.17. The third-order valence-electron chi connectivity index (χ3n) is 4.74. The predicted molar refractivity (Wildman–Crippen MR) is 117 cm³/mol. The first kappa shape index (κ1) is 25.5. The normalized spacial score (nSPS) is 14.4. The van der Waals surface area contributed by atoms with Gasteiger partial charge in [-0.25, -0.2) is 9.78 Å². The molecule has 4 unspecified atom stereocenters. The van der Waals surface area contributed by atoms with Crippen molar-refractivity contribution in [2.75, 3.05) is 6.61 Å². The number of carbonyl (C=O) groups is 4. The Morgan fingerprint density at radius 2 is 1.58 bits per heavy atom. The summed E-state index contributed by atoms with van der Waals surface area (Å²) in [5, 5.41) is 26.3. The largest absolute Gasteiger partial charge is 0.480 e. The number of rotatable bonds is 12. The molecule has 0 spiro atoms. The van der Waals surface area contributed by atoms with Gasteiger partial charge in [-0.05, 0) is 12.5 Å². The van der Waals surface area contributed by atoms with Gasteiger partial charge in [0.1, 0.15) is 18.1 Å². The molecule has 0 radical (unpaired) electrons. The van der Waals surface area contributed by atoms with Gasteiger partial charge in [-0.1, -0.05) is 30.3 Å². The van der Waals surface area contributed by atoms with E-state index < -0.39 is 54.5 Å². The second-order valence-electron chi connectivity index (χ2n) is 7.46. The first-order valence-electron chi connectivity index (χ1n) is 10.2. The number of aliphatic carboxylic acids is 1. The van der Waals surface area contributed by atoms with Crippen molar-refractivity contribution in [3.05, 3.63) is 54.1 Å². The van der Waals surface area contributed by atoms with Gasteiger partial charge in [0.05, 0.1) is 19.0 Å². The molecular formula is C21H28N6O6. The standard InChI is InChI=1S/C21H28N6O6/c1-12(22)18(29)27-17(10-28)20(31)25-15(7-13-5-3-2-4-6-13)19(30)26-16(21(32)33)8-14-9-23-11-24-14/h2-6,9,11-12,15-17,28H,7-8,10,22H2,1H3,(H,23,24)(H,25,31)(H,26,30)(H,27,29)(H,32,33). The second-order valence-corrected chi connectivity index (χ2v) is 7.46. The molecule has 0 saturated carbocycles. The Kier molecular flexibility index (Phi) is 9.51. The second kappa shape index (κ2) is 12.3. The molecule has 0 aliphatic heterocycles. The zero-order chi connectivity index (χ0) is 24.4. The molecule has 1 aromatic carbocycles. The molecule has 3 amide bonds. The van der Waals surface area contributed by atoms with E-state index in [0.29, 0.717) is 11.3 Å². The van der Waals surface area contributed by atoms with Crippen molar-refractivity contribution in [2.24, 2.45) is 5.73 Å². The molecule has 0 aliphatic rings. The maximum absolute atomic E-state index is 13.0. The molecule has 178 valence electrons. The number of imidazole rings is 1. The van der Waals surface area contributed by atoms with Gasteiger partial charge in [-0.15, -0.1) is 0 Å². The monoisotopic (exact) mass is 460 g/mol. The van der Waals surface area contributed by atoms with Crippen LogP contribution in [0.1, 0.15) is 18.2 Å². The summed E-state index contributed by atoms with van der Waals surface area (Å²) in [6.07, 6.45) is 2.84. The number of hydrogen-bond donors (Lipinski definition) is 7. The lowest BCUT2D eigenvalue weighted by Crippen LogP contribution is -2.58. The number of aromatic nitrogens is 2. The van der Waals surface area contributed by atoms with Crippen LogP contribution in [0, 0.1) is 0 Å². The predicted octanol–water partition coefficient (Wildman–Crippen LogP) is -1.93. The van der Waals surface area contributed by atoms with Crippen LogP contribution in [-0.2, 0) is 32.0 Å². The highest BCUT2D eigenvalue weighted by Crippen LogP contribution is 2.06. The summed E-state index contributed by atoms with van der Waals surface area (Å²) in [4.78, 5) is 55.8. The minimum atomic E-state index is -1.34. The van der Waals surface area contributed by atoms with E-state index in [4.69, 9.17) is 5.73 Å². The first-order valence-corrected chi connectivity index (χ1v) is 10.2. The van der Waals surface area contributed by atoms with Crippen LogP contribution in [0.4, 0.5) is 0 Å². The number of aromatic amines is 1. The third-order valence-corrected chi connectivity index (χ3v) is 4.74. The highest BCUT2D eigenvalue weighted by molar-refractivity contribution is 5.94. The fourth-order valence-electron chi connectivity index (χ4n) is 2.92. The summed E-state index contributed by atoms with van der Waals surface area (Å²) >= 11 is 0. The van der Waals surface area contributed by atoms with Gasteiger partial charge in [0.15, 0.2) is 0 Å². The van der Waals surface area contributed by atoms with E-state index in [1.807, 2.05) is 0 Å². The van der Waals surface area contributed by atoms with E-state index in [1.165, 1.54) is 19.4 Å². The van der Waals surface area contributed by atoms with Crippen molar-refractivity contribution in [1.29, 1.82) is 0 Å². The SMILES string of the molecule is CC(N)C(=O)NC(CO)C(=O)NC(Cc1ccccc1)C(=O)NC(Cc1cnc[nH]1)C(=O)O. The quantitative estimate of drug-likeness (QED) is 0.190. The van der Waals surface area contributed by atoms with E-state index in [1.54, 1.807) is 30.3 Å². The number of aliphatic hydroxyl groups excluding tert-OH is 1. The van der Waals surface area contributed by atoms with E-state index >= 15 is 0 Å². The fraction of sp³-hybridized carbons (Fsp3) is 0.381. The van der Waals surface area contributed by atoms with E-state index in [9.17, 15) is 29.4 Å². The highest BCUT2D eigenvalue weighted by Gasteiger charge is 2.30. The summed E-state index contributed by atoms with van der Waals surface area (Å²) in [6, 6.07) is 4.08. The van der Waals surface area contributed by atoms with Crippen LogP contribution >= 0.6 is 0 Å². The van der Waals surface area contributed by atoms with Crippen LogP contribution < -0.4 is 21.7 Å². The third kappa shape index (κ3) is 8.01. The van der Waals surface area contributed by atoms with Crippen LogP contribution in [0.25, 0.3) is 0 Å². The molecule has 0 fully saturated rings. The molecule has 0 aliphatic carbocycles. The minimum Gasteiger partial charge on any atom is -0.480 e. The number of carbonyl (C=O) groups excluding carboxylic acids is 3. The van der Waals surface area contributed by atoms with Gasteiger partial charge in [0.2, 0.25) is 17.7 Å². The van der Waals surface area contributed by atoms with E-state index in [2.05, 4.69) is 25.9 Å². The van der Waals surface area contributed by atoms with Crippen LogP contribution in [0.15, 0.2) is 42.9 Å². The Morgan fingerprint density at radius 3 is 2.12 bits per heavy atom. The Labute approximate surface area is 190 Å².